The van der Waals surface area contributed by atoms with E-state index in [4.69, 9.17) is 4.74 Å². The zero-order valence-corrected chi connectivity index (χ0v) is 12.2. The minimum Gasteiger partial charge on any atom is -0.493 e. The first-order valence-electron chi connectivity index (χ1n) is 6.66. The Balaban J connectivity index is 2.39. The van der Waals surface area contributed by atoms with Gasteiger partial charge in [0.2, 0.25) is 0 Å². The van der Waals surface area contributed by atoms with Gasteiger partial charge < -0.3 is 4.74 Å². The third-order valence-corrected chi connectivity index (χ3v) is 4.04. The van der Waals surface area contributed by atoms with Crippen LogP contribution in [0.15, 0.2) is 41.3 Å². The van der Waals surface area contributed by atoms with Crippen molar-refractivity contribution in [3.05, 3.63) is 36.4 Å². The Morgan fingerprint density at radius 3 is 2.40 bits per heavy atom. The molecule has 2 aromatic carbocycles. The second kappa shape index (κ2) is 6.24. The van der Waals surface area contributed by atoms with Gasteiger partial charge in [-0.15, -0.1) is 0 Å². The summed E-state index contributed by atoms with van der Waals surface area (Å²) in [4.78, 5) is -0.0889. The van der Waals surface area contributed by atoms with Gasteiger partial charge in [0.1, 0.15) is 10.6 Å². The van der Waals surface area contributed by atoms with E-state index in [9.17, 15) is 13.0 Å². The van der Waals surface area contributed by atoms with Crippen molar-refractivity contribution in [2.45, 2.75) is 31.1 Å². The molecule has 0 amide bonds. The van der Waals surface area contributed by atoms with Crippen LogP contribution in [-0.4, -0.2) is 19.6 Å². The third-order valence-electron chi connectivity index (χ3n) is 3.13. The molecule has 0 fully saturated rings. The van der Waals surface area contributed by atoms with Crippen molar-refractivity contribution in [1.29, 1.82) is 0 Å². The highest BCUT2D eigenvalue weighted by molar-refractivity contribution is 7.86. The minimum absolute atomic E-state index is 0.0889. The molecular formula is C15H18O4S. The van der Waals surface area contributed by atoms with Crippen LogP contribution >= 0.6 is 0 Å². The molecule has 108 valence electrons. The topological polar surface area (TPSA) is 63.6 Å². The normalized spacial score (nSPS) is 11.7. The van der Waals surface area contributed by atoms with Crippen molar-refractivity contribution in [3.8, 4) is 5.75 Å². The van der Waals surface area contributed by atoms with Crippen LogP contribution in [0.4, 0.5) is 0 Å². The van der Waals surface area contributed by atoms with Crippen LogP contribution in [0.5, 0.6) is 5.75 Å². The highest BCUT2D eigenvalue weighted by Gasteiger charge is 2.15. The molecule has 0 aromatic heterocycles. The number of hydrogen-bond acceptors (Lipinski definition) is 3. The summed E-state index contributed by atoms with van der Waals surface area (Å²) in [6, 6.07) is 9.98. The van der Waals surface area contributed by atoms with Crippen LogP contribution in [0.1, 0.15) is 26.2 Å². The summed E-state index contributed by atoms with van der Waals surface area (Å²) in [6.45, 7) is 2.72. The van der Waals surface area contributed by atoms with Crippen LogP contribution in [0.3, 0.4) is 0 Å². The number of rotatable bonds is 6. The Kier molecular flexibility index (Phi) is 4.62. The number of fused-ring (bicyclic) bond motifs is 1. The molecule has 0 saturated heterocycles. The molecule has 20 heavy (non-hydrogen) atoms. The maximum Gasteiger partial charge on any atom is 0.295 e. The van der Waals surface area contributed by atoms with Gasteiger partial charge in [0.15, 0.2) is 0 Å². The van der Waals surface area contributed by atoms with E-state index in [1.807, 2.05) is 6.07 Å². The summed E-state index contributed by atoms with van der Waals surface area (Å²) in [5, 5.41) is 1.17. The van der Waals surface area contributed by atoms with Gasteiger partial charge >= 0.3 is 0 Å². The second-order valence-corrected chi connectivity index (χ2v) is 6.03. The zero-order chi connectivity index (χ0) is 14.6. The van der Waals surface area contributed by atoms with E-state index in [2.05, 4.69) is 6.92 Å². The first kappa shape index (κ1) is 14.8. The van der Waals surface area contributed by atoms with E-state index < -0.39 is 10.1 Å². The lowest BCUT2D eigenvalue weighted by Gasteiger charge is -2.11. The minimum atomic E-state index is -4.23. The van der Waals surface area contributed by atoms with E-state index in [0.717, 1.165) is 19.3 Å². The van der Waals surface area contributed by atoms with Gasteiger partial charge in [-0.05, 0) is 18.6 Å². The molecule has 4 nitrogen and oxygen atoms in total. The van der Waals surface area contributed by atoms with Crippen molar-refractivity contribution in [2.75, 3.05) is 6.61 Å². The fourth-order valence-corrected chi connectivity index (χ4v) is 2.82. The van der Waals surface area contributed by atoms with Crippen LogP contribution in [-0.2, 0) is 10.1 Å². The third kappa shape index (κ3) is 3.29. The first-order chi connectivity index (χ1) is 9.54. The predicted molar refractivity (Wildman–Crippen MR) is 78.8 cm³/mol. The summed E-state index contributed by atoms with van der Waals surface area (Å²) in [5.41, 5.74) is 0. The van der Waals surface area contributed by atoms with Gasteiger partial charge in [0.25, 0.3) is 10.1 Å². The molecule has 0 atom stereocenters. The van der Waals surface area contributed by atoms with Crippen LogP contribution in [0, 0.1) is 0 Å². The Morgan fingerprint density at radius 2 is 1.75 bits per heavy atom. The quantitative estimate of drug-likeness (QED) is 0.652. The van der Waals surface area contributed by atoms with Crippen molar-refractivity contribution < 1.29 is 17.7 Å². The maximum atomic E-state index is 11.4. The molecule has 1 N–H and O–H groups in total. The molecule has 0 aliphatic heterocycles. The molecule has 0 radical (unpaired) electrons. The number of hydrogen-bond donors (Lipinski definition) is 1. The molecule has 0 aliphatic carbocycles. The van der Waals surface area contributed by atoms with Crippen molar-refractivity contribution >= 4 is 20.9 Å². The van der Waals surface area contributed by atoms with Gasteiger partial charge in [-0.25, -0.2) is 0 Å². The van der Waals surface area contributed by atoms with Gasteiger partial charge in [-0.1, -0.05) is 44.0 Å². The fraction of sp³-hybridized carbons (Fsp3) is 0.333. The predicted octanol–water partition coefficient (Wildman–Crippen LogP) is 3.66. The average molecular weight is 294 g/mol. The van der Waals surface area contributed by atoms with E-state index in [1.54, 1.807) is 24.3 Å². The summed E-state index contributed by atoms with van der Waals surface area (Å²) in [5.74, 6) is 0.643. The van der Waals surface area contributed by atoms with E-state index in [0.29, 0.717) is 23.1 Å². The summed E-state index contributed by atoms with van der Waals surface area (Å²) in [7, 11) is -4.23. The molecule has 5 heteroatoms. The molecule has 0 unspecified atom stereocenters. The average Bonchev–Trinajstić information content (AvgIpc) is 2.42. The molecular weight excluding hydrogens is 276 g/mol. The largest absolute Gasteiger partial charge is 0.493 e. The first-order valence-corrected chi connectivity index (χ1v) is 8.10. The van der Waals surface area contributed by atoms with Crippen molar-refractivity contribution in [3.63, 3.8) is 0 Å². The summed E-state index contributed by atoms with van der Waals surface area (Å²) >= 11 is 0. The van der Waals surface area contributed by atoms with Gasteiger partial charge in [-0.2, -0.15) is 8.42 Å². The summed E-state index contributed by atoms with van der Waals surface area (Å²) < 4.78 is 37.7. The molecule has 2 rings (SSSR count). The molecule has 0 aliphatic rings. The molecule has 2 aromatic rings. The van der Waals surface area contributed by atoms with E-state index in [-0.39, 0.29) is 4.90 Å². The highest BCUT2D eigenvalue weighted by Crippen LogP contribution is 2.31. The lowest BCUT2D eigenvalue weighted by atomic mass is 10.1. The van der Waals surface area contributed by atoms with Gasteiger partial charge in [0.05, 0.1) is 6.61 Å². The van der Waals surface area contributed by atoms with Gasteiger partial charge in [0, 0.05) is 10.8 Å². The number of benzene rings is 2. The Morgan fingerprint density at radius 1 is 1.05 bits per heavy atom. The summed E-state index contributed by atoms with van der Waals surface area (Å²) in [6.07, 6.45) is 3.18. The van der Waals surface area contributed by atoms with Crippen molar-refractivity contribution in [2.24, 2.45) is 0 Å². The van der Waals surface area contributed by atoms with Gasteiger partial charge in [-0.3, -0.25) is 4.55 Å². The Labute approximate surface area is 119 Å². The number of unbranched alkanes of at least 4 members (excludes halogenated alkanes) is 2. The molecule has 0 spiro atoms. The van der Waals surface area contributed by atoms with E-state index in [1.165, 1.54) is 6.07 Å². The van der Waals surface area contributed by atoms with E-state index >= 15 is 0 Å². The standard InChI is InChI=1S/C15H18O4S/c1-2-3-6-11-19-14-9-10-15(20(16,17)18)13-8-5-4-7-12(13)14/h4-5,7-10H,2-3,6,11H2,1H3,(H,16,17,18). The lowest BCUT2D eigenvalue weighted by Crippen LogP contribution is -2.02. The SMILES string of the molecule is CCCCCOc1ccc(S(=O)(=O)O)c2ccccc12. The maximum absolute atomic E-state index is 11.4. The van der Waals surface area contributed by atoms with Crippen LogP contribution in [0.2, 0.25) is 0 Å². The fourth-order valence-electron chi connectivity index (χ4n) is 2.13. The Hall–Kier alpha value is -1.59. The highest BCUT2D eigenvalue weighted by atomic mass is 32.2. The number of ether oxygens (including phenoxy) is 1. The van der Waals surface area contributed by atoms with Crippen molar-refractivity contribution in [1.82, 2.24) is 0 Å². The Bertz CT molecular complexity index is 692. The van der Waals surface area contributed by atoms with Crippen LogP contribution in [0.25, 0.3) is 10.8 Å². The lowest BCUT2D eigenvalue weighted by molar-refractivity contribution is 0.309. The monoisotopic (exact) mass is 294 g/mol. The zero-order valence-electron chi connectivity index (χ0n) is 11.4. The molecule has 0 saturated carbocycles. The molecule has 0 bridgehead atoms. The smallest absolute Gasteiger partial charge is 0.295 e. The van der Waals surface area contributed by atoms with Crippen LogP contribution < -0.4 is 4.74 Å². The second-order valence-electron chi connectivity index (χ2n) is 4.64. The molecule has 0 heterocycles.